The van der Waals surface area contributed by atoms with Crippen LogP contribution in [0, 0.1) is 0 Å². The van der Waals surface area contributed by atoms with Crippen LogP contribution in [-0.2, 0) is 9.59 Å². The van der Waals surface area contributed by atoms with E-state index in [-0.39, 0.29) is 29.8 Å². The molecule has 1 fully saturated rings. The molecule has 0 saturated carbocycles. The van der Waals surface area contributed by atoms with E-state index in [9.17, 15) is 9.59 Å². The molecule has 6 heteroatoms. The molecule has 0 radical (unpaired) electrons. The van der Waals surface area contributed by atoms with Crippen LogP contribution in [-0.4, -0.2) is 48.4 Å². The maximum atomic E-state index is 13.8. The molecule has 1 saturated heterocycles. The number of halogens is 1. The molecule has 1 heterocycles. The Hall–Kier alpha value is -3.41. The van der Waals surface area contributed by atoms with Gasteiger partial charge >= 0.3 is 0 Å². The number of rotatable bonds is 11. The van der Waals surface area contributed by atoms with Crippen molar-refractivity contribution in [2.45, 2.75) is 50.6 Å². The lowest BCUT2D eigenvalue weighted by atomic mass is 9.90. The number of hydrogen-bond acceptors (Lipinski definition) is 3. The fraction of sp³-hybridized carbons (Fsp3) is 0.333. The molecule has 1 aliphatic heterocycles. The Balaban J connectivity index is 1.44. The smallest absolute Gasteiger partial charge is 0.244 e. The van der Waals surface area contributed by atoms with Crippen LogP contribution < -0.4 is 10.6 Å². The second kappa shape index (κ2) is 14.7. The highest BCUT2D eigenvalue weighted by Gasteiger charge is 2.32. The summed E-state index contributed by atoms with van der Waals surface area (Å²) >= 11 is 5.94. The van der Waals surface area contributed by atoms with Crippen molar-refractivity contribution < 1.29 is 9.59 Å². The van der Waals surface area contributed by atoms with E-state index < -0.39 is 0 Å². The minimum absolute atomic E-state index is 0.0144. The van der Waals surface area contributed by atoms with Gasteiger partial charge in [0.1, 0.15) is 0 Å². The van der Waals surface area contributed by atoms with E-state index in [1.165, 1.54) is 17.2 Å². The highest BCUT2D eigenvalue weighted by Crippen LogP contribution is 2.27. The lowest BCUT2D eigenvalue weighted by Crippen LogP contribution is -2.49. The molecule has 0 aromatic heterocycles. The maximum Gasteiger partial charge on any atom is 0.244 e. The Morgan fingerprint density at radius 1 is 1.03 bits per heavy atom. The van der Waals surface area contributed by atoms with Crippen molar-refractivity contribution >= 4 is 29.5 Å². The van der Waals surface area contributed by atoms with Crippen LogP contribution in [0.25, 0.3) is 6.08 Å². The molecule has 0 bridgehead atoms. The van der Waals surface area contributed by atoms with Crippen LogP contribution in [0.5, 0.6) is 0 Å². The normalized spacial score (nSPS) is 17.9. The minimum atomic E-state index is -0.258. The van der Waals surface area contributed by atoms with E-state index in [1.807, 2.05) is 29.2 Å². The highest BCUT2D eigenvalue weighted by molar-refractivity contribution is 6.30. The van der Waals surface area contributed by atoms with Crippen molar-refractivity contribution in [1.29, 1.82) is 0 Å². The van der Waals surface area contributed by atoms with Crippen LogP contribution in [0.4, 0.5) is 0 Å². The van der Waals surface area contributed by atoms with E-state index in [2.05, 4.69) is 66.1 Å². The van der Waals surface area contributed by atoms with Crippen molar-refractivity contribution in [2.24, 2.45) is 0 Å². The summed E-state index contributed by atoms with van der Waals surface area (Å²) in [5, 5.41) is 7.25. The average Bonchev–Trinajstić information content (AvgIpc) is 3.12. The summed E-state index contributed by atoms with van der Waals surface area (Å²) in [5.41, 5.74) is 3.32. The zero-order valence-electron chi connectivity index (χ0n) is 22.6. The maximum absolute atomic E-state index is 13.8. The molecule has 1 aliphatic rings. The number of nitrogens with one attached hydrogen (secondary N) is 2. The third kappa shape index (κ3) is 8.54. The quantitative estimate of drug-likeness (QED) is 0.289. The topological polar surface area (TPSA) is 61.4 Å². The summed E-state index contributed by atoms with van der Waals surface area (Å²) in [6.07, 6.45) is 6.87. The third-order valence-corrected chi connectivity index (χ3v) is 7.52. The average molecular weight is 544 g/mol. The van der Waals surface area contributed by atoms with Crippen molar-refractivity contribution in [3.05, 3.63) is 113 Å². The summed E-state index contributed by atoms with van der Waals surface area (Å²) in [7, 11) is 0. The first-order valence-corrected chi connectivity index (χ1v) is 14.3. The second-order valence-electron chi connectivity index (χ2n) is 10.1. The Morgan fingerprint density at radius 3 is 2.28 bits per heavy atom. The summed E-state index contributed by atoms with van der Waals surface area (Å²) in [6.45, 7) is 3.88. The van der Waals surface area contributed by atoms with Gasteiger partial charge < -0.3 is 15.5 Å². The number of carbonyl (C=O) groups is 2. The molecule has 0 unspecified atom stereocenters. The number of hydrogen-bond donors (Lipinski definition) is 2. The molecule has 4 rings (SSSR count). The van der Waals surface area contributed by atoms with Crippen molar-refractivity contribution in [1.82, 2.24) is 15.5 Å². The molecule has 39 heavy (non-hydrogen) atoms. The van der Waals surface area contributed by atoms with Gasteiger partial charge in [-0.1, -0.05) is 104 Å². The van der Waals surface area contributed by atoms with E-state index in [0.29, 0.717) is 24.7 Å². The Morgan fingerprint density at radius 2 is 1.67 bits per heavy atom. The predicted octanol–water partition coefficient (Wildman–Crippen LogP) is 6.05. The van der Waals surface area contributed by atoms with Crippen LogP contribution in [0.15, 0.2) is 91.0 Å². The molecular formula is C33H38ClN3O2. The molecule has 0 aliphatic carbocycles. The van der Waals surface area contributed by atoms with Gasteiger partial charge in [-0.05, 0) is 47.7 Å². The largest absolute Gasteiger partial charge is 0.351 e. The van der Waals surface area contributed by atoms with E-state index in [0.717, 1.165) is 31.2 Å². The summed E-state index contributed by atoms with van der Waals surface area (Å²) < 4.78 is 0. The van der Waals surface area contributed by atoms with Crippen LogP contribution in [0.2, 0.25) is 5.02 Å². The van der Waals surface area contributed by atoms with Gasteiger partial charge in [-0.25, -0.2) is 0 Å². The fourth-order valence-electron chi connectivity index (χ4n) is 5.06. The first-order valence-electron chi connectivity index (χ1n) is 13.9. The van der Waals surface area contributed by atoms with Crippen LogP contribution in [0.1, 0.15) is 55.2 Å². The Labute approximate surface area is 237 Å². The van der Waals surface area contributed by atoms with Crippen molar-refractivity contribution in [2.75, 3.05) is 19.6 Å². The molecule has 3 aromatic carbocycles. The van der Waals surface area contributed by atoms with Gasteiger partial charge in [-0.3, -0.25) is 9.59 Å². The first kappa shape index (κ1) is 28.6. The van der Waals surface area contributed by atoms with Crippen LogP contribution >= 0.6 is 11.6 Å². The van der Waals surface area contributed by atoms with Gasteiger partial charge in [0.15, 0.2) is 0 Å². The molecule has 2 atom stereocenters. The monoisotopic (exact) mass is 543 g/mol. The van der Waals surface area contributed by atoms with E-state index in [1.54, 1.807) is 18.2 Å². The predicted molar refractivity (Wildman–Crippen MR) is 160 cm³/mol. The van der Waals surface area contributed by atoms with Gasteiger partial charge in [0.2, 0.25) is 11.8 Å². The Bertz CT molecular complexity index is 1180. The highest BCUT2D eigenvalue weighted by atomic mass is 35.5. The lowest BCUT2D eigenvalue weighted by Gasteiger charge is -2.29. The van der Waals surface area contributed by atoms with Gasteiger partial charge in [0.05, 0.1) is 6.04 Å². The molecule has 3 aromatic rings. The SMILES string of the molecule is CCCC[C@@H]1N[C@H](CNC(=O)C=Cc2ccc(Cl)cc2)CCN(CC(c2ccccc2)c2ccccc2)C1=O. The number of benzene rings is 3. The zero-order chi connectivity index (χ0) is 27.5. The Kier molecular flexibility index (Phi) is 10.8. The minimum Gasteiger partial charge on any atom is -0.351 e. The van der Waals surface area contributed by atoms with Gasteiger partial charge in [0, 0.05) is 42.7 Å². The molecule has 0 spiro atoms. The molecule has 204 valence electrons. The van der Waals surface area contributed by atoms with Crippen molar-refractivity contribution in [3.63, 3.8) is 0 Å². The summed E-state index contributed by atoms with van der Waals surface area (Å²) in [6, 6.07) is 27.9. The summed E-state index contributed by atoms with van der Waals surface area (Å²) in [5.74, 6) is 0.0895. The second-order valence-corrected chi connectivity index (χ2v) is 10.6. The lowest BCUT2D eigenvalue weighted by molar-refractivity contribution is -0.133. The molecule has 2 amide bonds. The van der Waals surface area contributed by atoms with Crippen molar-refractivity contribution in [3.8, 4) is 0 Å². The fourth-order valence-corrected chi connectivity index (χ4v) is 5.19. The molecular weight excluding hydrogens is 506 g/mol. The van der Waals surface area contributed by atoms with Crippen LogP contribution in [0.3, 0.4) is 0 Å². The van der Waals surface area contributed by atoms with E-state index in [4.69, 9.17) is 11.6 Å². The number of amides is 2. The van der Waals surface area contributed by atoms with Gasteiger partial charge in [0.25, 0.3) is 0 Å². The zero-order valence-corrected chi connectivity index (χ0v) is 23.3. The number of unbranched alkanes of at least 4 members (excludes halogenated alkanes) is 1. The molecule has 5 nitrogen and oxygen atoms in total. The van der Waals surface area contributed by atoms with Gasteiger partial charge in [-0.15, -0.1) is 0 Å². The van der Waals surface area contributed by atoms with Gasteiger partial charge in [-0.2, -0.15) is 0 Å². The number of carbonyl (C=O) groups excluding carboxylic acids is 2. The summed E-state index contributed by atoms with van der Waals surface area (Å²) in [4.78, 5) is 28.3. The number of nitrogens with zero attached hydrogens (tertiary/aromatic N) is 1. The first-order chi connectivity index (χ1) is 19.0. The standard InChI is InChI=1S/C33H38ClN3O2/c1-2-3-14-31-33(39)37(24-30(26-10-6-4-7-11-26)27-12-8-5-9-13-27)22-21-29(36-31)23-35-32(38)20-17-25-15-18-28(34)19-16-25/h4-13,15-20,29-31,36H,2-3,14,21-24H2,1H3,(H,35,38)/t29-,31-/m0/s1. The van der Waals surface area contributed by atoms with E-state index >= 15 is 0 Å². The third-order valence-electron chi connectivity index (χ3n) is 7.27. The molecule has 2 N–H and O–H groups in total.